The number of para-hydroxylation sites is 1. The Balaban J connectivity index is 1.24. The van der Waals surface area contributed by atoms with Gasteiger partial charge in [0.05, 0.1) is 11.6 Å². The molecule has 0 fully saturated rings. The van der Waals surface area contributed by atoms with Crippen LogP contribution in [0.4, 0.5) is 10.8 Å². The summed E-state index contributed by atoms with van der Waals surface area (Å²) >= 11 is 2.77. The Morgan fingerprint density at radius 3 is 2.45 bits per heavy atom. The van der Waals surface area contributed by atoms with Gasteiger partial charge in [0.2, 0.25) is 10.9 Å². The minimum atomic E-state index is -0.928. The molecule has 10 heteroatoms. The zero-order chi connectivity index (χ0) is 30.4. The first-order chi connectivity index (χ1) is 21.4. The van der Waals surface area contributed by atoms with Crippen LogP contribution >= 0.6 is 23.1 Å². The van der Waals surface area contributed by atoms with Gasteiger partial charge in [-0.15, -0.1) is 10.2 Å². The van der Waals surface area contributed by atoms with Gasteiger partial charge in [0.15, 0.2) is 15.9 Å². The molecule has 0 aliphatic carbocycles. The van der Waals surface area contributed by atoms with Gasteiger partial charge in [-0.3, -0.25) is 14.5 Å². The Labute approximate surface area is 261 Å². The van der Waals surface area contributed by atoms with Crippen LogP contribution in [0, 0.1) is 0 Å². The Morgan fingerprint density at radius 2 is 1.68 bits per heavy atom. The number of hydrogen-bond acceptors (Lipinski definition) is 9. The lowest BCUT2D eigenvalue weighted by atomic mass is 9.95. The van der Waals surface area contributed by atoms with Crippen molar-refractivity contribution in [1.82, 2.24) is 10.2 Å². The second kappa shape index (κ2) is 11.3. The number of anilines is 2. The van der Waals surface area contributed by atoms with Gasteiger partial charge in [0.1, 0.15) is 5.58 Å². The topological polar surface area (TPSA) is 99.8 Å². The van der Waals surface area contributed by atoms with Crippen molar-refractivity contribution in [2.75, 3.05) is 23.9 Å². The molecule has 44 heavy (non-hydrogen) atoms. The molecule has 1 atom stereocenters. The summed E-state index contributed by atoms with van der Waals surface area (Å²) in [6.07, 6.45) is 0. The number of hydrogen-bond donors (Lipinski definition) is 1. The number of fused-ring (bicyclic) bond motifs is 2. The molecule has 1 amide bonds. The molecule has 3 heterocycles. The lowest BCUT2D eigenvalue weighted by Crippen LogP contribution is -2.31. The van der Waals surface area contributed by atoms with E-state index in [1.165, 1.54) is 38.9 Å². The maximum Gasteiger partial charge on any atom is 0.296 e. The van der Waals surface area contributed by atoms with E-state index in [4.69, 9.17) is 4.42 Å². The molecule has 8 nitrogen and oxygen atoms in total. The van der Waals surface area contributed by atoms with Crippen molar-refractivity contribution >= 4 is 67.3 Å². The van der Waals surface area contributed by atoms with Crippen LogP contribution in [-0.2, 0) is 10.5 Å². The van der Waals surface area contributed by atoms with Gasteiger partial charge in [0, 0.05) is 30.9 Å². The molecular formula is C34H26N4O4S2. The Kier molecular flexibility index (Phi) is 7.15. The fourth-order valence-corrected chi connectivity index (χ4v) is 7.32. The summed E-state index contributed by atoms with van der Waals surface area (Å²) in [5, 5.41) is 23.3. The molecule has 0 saturated carbocycles. The highest BCUT2D eigenvalue weighted by atomic mass is 32.2. The summed E-state index contributed by atoms with van der Waals surface area (Å²) in [5.41, 5.74) is 3.24. The largest absolute Gasteiger partial charge is 0.503 e. The average molecular weight is 619 g/mol. The zero-order valence-corrected chi connectivity index (χ0v) is 25.4. The van der Waals surface area contributed by atoms with Crippen molar-refractivity contribution in [3.8, 4) is 0 Å². The monoisotopic (exact) mass is 618 g/mol. The van der Waals surface area contributed by atoms with Gasteiger partial charge in [-0.05, 0) is 46.2 Å². The number of rotatable bonds is 8. The van der Waals surface area contributed by atoms with Crippen molar-refractivity contribution < 1.29 is 19.1 Å². The highest BCUT2D eigenvalue weighted by Gasteiger charge is 2.46. The Morgan fingerprint density at radius 1 is 0.955 bits per heavy atom. The van der Waals surface area contributed by atoms with Crippen LogP contribution in [0.2, 0.25) is 0 Å². The van der Waals surface area contributed by atoms with Crippen molar-refractivity contribution in [2.24, 2.45) is 0 Å². The number of carbonyl (C=O) groups excluding carboxylic acids is 2. The summed E-state index contributed by atoms with van der Waals surface area (Å²) in [6.45, 7) is 0. The van der Waals surface area contributed by atoms with Crippen LogP contribution < -0.4 is 9.80 Å². The van der Waals surface area contributed by atoms with Gasteiger partial charge in [0.25, 0.3) is 5.91 Å². The molecule has 1 N–H and O–H groups in total. The van der Waals surface area contributed by atoms with E-state index in [-0.39, 0.29) is 16.5 Å². The molecule has 218 valence electrons. The maximum atomic E-state index is 13.9. The van der Waals surface area contributed by atoms with Crippen LogP contribution in [0.25, 0.3) is 21.7 Å². The van der Waals surface area contributed by atoms with E-state index in [9.17, 15) is 14.7 Å². The van der Waals surface area contributed by atoms with Crippen LogP contribution in [0.3, 0.4) is 0 Å². The number of Topliss-reactive ketones (excluding diaryl/α,β-unsaturated/α-hetero) is 1. The lowest BCUT2D eigenvalue weighted by Gasteiger charge is -2.24. The fraction of sp³-hybridized carbons (Fsp3) is 0.118. The number of benzene rings is 4. The van der Waals surface area contributed by atoms with Gasteiger partial charge in [-0.25, -0.2) is 0 Å². The van der Waals surface area contributed by atoms with E-state index in [1.54, 1.807) is 12.1 Å². The van der Waals surface area contributed by atoms with E-state index in [1.807, 2.05) is 79.7 Å². The fourth-order valence-electron chi connectivity index (χ4n) is 5.45. The van der Waals surface area contributed by atoms with Gasteiger partial charge >= 0.3 is 0 Å². The summed E-state index contributed by atoms with van der Waals surface area (Å²) in [7, 11) is 3.86. The molecule has 4 aromatic carbocycles. The molecule has 6 aromatic rings. The van der Waals surface area contributed by atoms with Crippen LogP contribution in [-0.4, -0.2) is 41.1 Å². The molecule has 0 spiro atoms. The number of carbonyl (C=O) groups is 2. The number of furan rings is 1. The second-order valence-electron chi connectivity index (χ2n) is 10.6. The van der Waals surface area contributed by atoms with E-state index < -0.39 is 23.5 Å². The summed E-state index contributed by atoms with van der Waals surface area (Å²) in [5.74, 6) is -1.20. The third-order valence-electron chi connectivity index (χ3n) is 7.66. The number of ketones is 1. The van der Waals surface area contributed by atoms with E-state index in [0.29, 0.717) is 21.2 Å². The lowest BCUT2D eigenvalue weighted by molar-refractivity contribution is -0.117. The quantitative estimate of drug-likeness (QED) is 0.106. The molecule has 0 radical (unpaired) electrons. The Bertz CT molecular complexity index is 2040. The van der Waals surface area contributed by atoms with Crippen molar-refractivity contribution in [1.29, 1.82) is 0 Å². The van der Waals surface area contributed by atoms with Crippen LogP contribution in [0.15, 0.2) is 117 Å². The zero-order valence-electron chi connectivity index (χ0n) is 23.8. The SMILES string of the molecule is CN(C)c1ccc([C@H]2C(C(=O)c3cc4ccccc4o3)=C(O)C(=O)N2c2nnc(SCc3cccc4ccccc34)s2)cc1. The Hall–Kier alpha value is -4.93. The highest BCUT2D eigenvalue weighted by molar-refractivity contribution is 8.00. The predicted molar refractivity (Wildman–Crippen MR) is 175 cm³/mol. The van der Waals surface area contributed by atoms with Gasteiger partial charge < -0.3 is 14.4 Å². The van der Waals surface area contributed by atoms with Crippen molar-refractivity contribution in [3.63, 3.8) is 0 Å². The minimum absolute atomic E-state index is 0.0425. The van der Waals surface area contributed by atoms with Crippen molar-refractivity contribution in [3.05, 3.63) is 125 Å². The molecule has 0 saturated heterocycles. The van der Waals surface area contributed by atoms with E-state index in [0.717, 1.165) is 16.5 Å². The normalized spacial score (nSPS) is 15.1. The van der Waals surface area contributed by atoms with Crippen molar-refractivity contribution in [2.45, 2.75) is 16.1 Å². The van der Waals surface area contributed by atoms with Crippen LogP contribution in [0.1, 0.15) is 27.7 Å². The molecule has 1 aliphatic rings. The maximum absolute atomic E-state index is 13.9. The number of aromatic nitrogens is 2. The predicted octanol–water partition coefficient (Wildman–Crippen LogP) is 7.58. The highest BCUT2D eigenvalue weighted by Crippen LogP contribution is 2.44. The van der Waals surface area contributed by atoms with Crippen LogP contribution in [0.5, 0.6) is 0 Å². The number of nitrogens with zero attached hydrogens (tertiary/aromatic N) is 4. The molecule has 0 bridgehead atoms. The molecule has 7 rings (SSSR count). The average Bonchev–Trinajstić information content (AvgIpc) is 3.76. The van der Waals surface area contributed by atoms with Gasteiger partial charge in [-0.2, -0.15) is 0 Å². The number of amides is 1. The first kappa shape index (κ1) is 27.9. The van der Waals surface area contributed by atoms with E-state index in [2.05, 4.69) is 34.5 Å². The summed E-state index contributed by atoms with van der Waals surface area (Å²) in [4.78, 5) is 30.9. The third-order valence-corrected chi connectivity index (χ3v) is 9.76. The third kappa shape index (κ3) is 4.91. The summed E-state index contributed by atoms with van der Waals surface area (Å²) < 4.78 is 6.52. The minimum Gasteiger partial charge on any atom is -0.503 e. The van der Waals surface area contributed by atoms with E-state index >= 15 is 0 Å². The second-order valence-corrected chi connectivity index (χ2v) is 12.8. The first-order valence-corrected chi connectivity index (χ1v) is 15.7. The molecule has 0 unspecified atom stereocenters. The number of thioether (sulfide) groups is 1. The molecular weight excluding hydrogens is 593 g/mol. The summed E-state index contributed by atoms with van der Waals surface area (Å²) in [6, 6.07) is 29.9. The number of aliphatic hydroxyl groups excluding tert-OH is 1. The van der Waals surface area contributed by atoms with Gasteiger partial charge in [-0.1, -0.05) is 95.9 Å². The molecule has 1 aliphatic heterocycles. The standard InChI is InChI=1S/C34H26N4O4S2/c1-37(2)24-16-14-21(15-17-24)29-28(30(39)27-18-22-9-4-6-13-26(22)42-27)31(40)32(41)38(29)33-35-36-34(44-33)43-19-23-11-7-10-20-8-3-5-12-25(20)23/h3-18,29,40H,19H2,1-2H3/t29-/m0/s1. The smallest absolute Gasteiger partial charge is 0.296 e. The molecule has 2 aromatic heterocycles. The number of aliphatic hydroxyl groups is 1. The first-order valence-electron chi connectivity index (χ1n) is 13.9.